The van der Waals surface area contributed by atoms with Gasteiger partial charge in [-0.25, -0.2) is 8.42 Å². The number of aliphatic hydroxyl groups is 1. The second kappa shape index (κ2) is 6.03. The minimum absolute atomic E-state index is 0.0421. The summed E-state index contributed by atoms with van der Waals surface area (Å²) in [6.45, 7) is 5.42. The Morgan fingerprint density at radius 2 is 1.93 bits per heavy atom. The van der Waals surface area contributed by atoms with Gasteiger partial charge in [-0.05, 0) is 20.3 Å². The summed E-state index contributed by atoms with van der Waals surface area (Å²) in [5, 5.41) is 9.58. The smallest absolute Gasteiger partial charge is 0.214 e. The van der Waals surface area contributed by atoms with Crippen molar-refractivity contribution in [3.63, 3.8) is 0 Å². The average molecular weight is 258 g/mol. The van der Waals surface area contributed by atoms with Gasteiger partial charge in [0.05, 0.1) is 11.4 Å². The quantitative estimate of drug-likeness (QED) is 0.694. The summed E-state index contributed by atoms with van der Waals surface area (Å²) in [6, 6.07) is 0. The zero-order valence-corrected chi connectivity index (χ0v) is 11.1. The van der Waals surface area contributed by atoms with Crippen molar-refractivity contribution in [2.75, 3.05) is 24.7 Å². The van der Waals surface area contributed by atoms with Crippen molar-refractivity contribution in [1.82, 2.24) is 4.31 Å². The van der Waals surface area contributed by atoms with Crippen LogP contribution in [0.4, 0.5) is 0 Å². The van der Waals surface area contributed by atoms with Crippen molar-refractivity contribution in [3.8, 4) is 0 Å². The standard InChI is InChI=1S/C9H20ClNO3S/c1-4-11(8-9(2,3)12)15(13,14)7-5-6-10/h12H,4-8H2,1-3H3. The van der Waals surface area contributed by atoms with E-state index in [9.17, 15) is 13.5 Å². The molecule has 0 bridgehead atoms. The van der Waals surface area contributed by atoms with Gasteiger partial charge in [0, 0.05) is 19.0 Å². The van der Waals surface area contributed by atoms with Crippen LogP contribution < -0.4 is 0 Å². The van der Waals surface area contributed by atoms with E-state index in [1.165, 1.54) is 4.31 Å². The lowest BCUT2D eigenvalue weighted by molar-refractivity contribution is 0.0601. The third-order valence-corrected chi connectivity index (χ3v) is 4.09. The van der Waals surface area contributed by atoms with Crippen LogP contribution in [0.15, 0.2) is 0 Å². The molecule has 0 atom stereocenters. The van der Waals surface area contributed by atoms with Crippen molar-refractivity contribution >= 4 is 21.6 Å². The highest BCUT2D eigenvalue weighted by Crippen LogP contribution is 2.10. The number of rotatable bonds is 7. The van der Waals surface area contributed by atoms with E-state index >= 15 is 0 Å². The first-order valence-electron chi connectivity index (χ1n) is 4.99. The summed E-state index contributed by atoms with van der Waals surface area (Å²) in [4.78, 5) is 0. The van der Waals surface area contributed by atoms with Crippen LogP contribution >= 0.6 is 11.6 Å². The van der Waals surface area contributed by atoms with E-state index in [-0.39, 0.29) is 12.3 Å². The van der Waals surface area contributed by atoms with Crippen LogP contribution in [0.25, 0.3) is 0 Å². The number of nitrogens with zero attached hydrogens (tertiary/aromatic N) is 1. The first-order chi connectivity index (χ1) is 6.73. The lowest BCUT2D eigenvalue weighted by Crippen LogP contribution is -2.43. The Bertz CT molecular complexity index is 272. The molecule has 0 unspecified atom stereocenters. The molecule has 1 N–H and O–H groups in total. The summed E-state index contributed by atoms with van der Waals surface area (Å²) in [5.74, 6) is 0.375. The molecule has 0 heterocycles. The summed E-state index contributed by atoms with van der Waals surface area (Å²) in [6.07, 6.45) is 0.437. The maximum absolute atomic E-state index is 11.8. The molecule has 0 spiro atoms. The van der Waals surface area contributed by atoms with Crippen molar-refractivity contribution < 1.29 is 13.5 Å². The number of likely N-dealkylation sites (N-methyl/N-ethyl adjacent to an activating group) is 1. The molecule has 0 aliphatic rings. The van der Waals surface area contributed by atoms with E-state index in [2.05, 4.69) is 0 Å². The molecule has 0 aromatic carbocycles. The van der Waals surface area contributed by atoms with Crippen LogP contribution in [-0.4, -0.2) is 48.2 Å². The van der Waals surface area contributed by atoms with Crippen LogP contribution in [0.3, 0.4) is 0 Å². The number of halogens is 1. The van der Waals surface area contributed by atoms with Crippen LogP contribution in [0, 0.1) is 0 Å². The van der Waals surface area contributed by atoms with Gasteiger partial charge in [-0.1, -0.05) is 6.92 Å². The van der Waals surface area contributed by atoms with E-state index in [0.29, 0.717) is 18.8 Å². The number of alkyl halides is 1. The predicted molar refractivity (Wildman–Crippen MR) is 62.7 cm³/mol. The van der Waals surface area contributed by atoms with Crippen molar-refractivity contribution in [2.24, 2.45) is 0 Å². The number of hydrogen-bond donors (Lipinski definition) is 1. The van der Waals surface area contributed by atoms with Crippen LogP contribution in [0.2, 0.25) is 0 Å². The normalized spacial score (nSPS) is 13.5. The molecule has 15 heavy (non-hydrogen) atoms. The summed E-state index contributed by atoms with van der Waals surface area (Å²) >= 11 is 5.46. The molecule has 4 nitrogen and oxygen atoms in total. The van der Waals surface area contributed by atoms with Gasteiger partial charge in [-0.15, -0.1) is 11.6 Å². The fourth-order valence-corrected chi connectivity index (χ4v) is 3.17. The van der Waals surface area contributed by atoms with E-state index in [1.54, 1.807) is 20.8 Å². The second-order valence-electron chi connectivity index (χ2n) is 4.10. The minimum atomic E-state index is -3.28. The van der Waals surface area contributed by atoms with Crippen LogP contribution in [-0.2, 0) is 10.0 Å². The van der Waals surface area contributed by atoms with Crippen molar-refractivity contribution in [1.29, 1.82) is 0 Å². The van der Waals surface area contributed by atoms with E-state index < -0.39 is 15.6 Å². The molecule has 0 amide bonds. The highest BCUT2D eigenvalue weighted by atomic mass is 35.5. The Kier molecular flexibility index (Phi) is 6.10. The number of sulfonamides is 1. The van der Waals surface area contributed by atoms with Crippen molar-refractivity contribution in [3.05, 3.63) is 0 Å². The Labute approximate surface area is 97.3 Å². The summed E-state index contributed by atoms with van der Waals surface area (Å²) in [7, 11) is -3.28. The van der Waals surface area contributed by atoms with Crippen LogP contribution in [0.5, 0.6) is 0 Å². The highest BCUT2D eigenvalue weighted by molar-refractivity contribution is 7.89. The molecular formula is C9H20ClNO3S. The maximum Gasteiger partial charge on any atom is 0.214 e. The zero-order chi connectivity index (χ0) is 12.1. The first-order valence-corrected chi connectivity index (χ1v) is 7.13. The van der Waals surface area contributed by atoms with Gasteiger partial charge in [-0.3, -0.25) is 0 Å². The monoisotopic (exact) mass is 257 g/mol. The van der Waals surface area contributed by atoms with Gasteiger partial charge in [0.25, 0.3) is 0 Å². The molecule has 92 valence electrons. The van der Waals surface area contributed by atoms with Gasteiger partial charge < -0.3 is 5.11 Å². The first kappa shape index (κ1) is 15.2. The third kappa shape index (κ3) is 6.35. The van der Waals surface area contributed by atoms with Gasteiger partial charge in [0.2, 0.25) is 10.0 Å². The average Bonchev–Trinajstić information content (AvgIpc) is 2.09. The fraction of sp³-hybridized carbons (Fsp3) is 1.00. The molecule has 0 aromatic heterocycles. The SMILES string of the molecule is CCN(CC(C)(C)O)S(=O)(=O)CCCCl. The minimum Gasteiger partial charge on any atom is -0.389 e. The lowest BCUT2D eigenvalue weighted by Gasteiger charge is -2.27. The lowest BCUT2D eigenvalue weighted by atomic mass is 10.1. The molecule has 0 aliphatic carbocycles. The van der Waals surface area contributed by atoms with Crippen LogP contribution in [0.1, 0.15) is 27.2 Å². The zero-order valence-electron chi connectivity index (χ0n) is 9.53. The number of hydrogen-bond acceptors (Lipinski definition) is 3. The van der Waals surface area contributed by atoms with E-state index in [4.69, 9.17) is 11.6 Å². The molecule has 0 saturated heterocycles. The van der Waals surface area contributed by atoms with Gasteiger partial charge in [-0.2, -0.15) is 4.31 Å². The Morgan fingerprint density at radius 3 is 2.27 bits per heavy atom. The molecule has 6 heteroatoms. The second-order valence-corrected chi connectivity index (χ2v) is 6.56. The molecule has 0 rings (SSSR count). The topological polar surface area (TPSA) is 57.6 Å². The highest BCUT2D eigenvalue weighted by Gasteiger charge is 2.26. The summed E-state index contributed by atoms with van der Waals surface area (Å²) in [5.41, 5.74) is -1.01. The largest absolute Gasteiger partial charge is 0.389 e. The van der Waals surface area contributed by atoms with Crippen molar-refractivity contribution in [2.45, 2.75) is 32.8 Å². The molecular weight excluding hydrogens is 238 g/mol. The molecule has 0 aliphatic heterocycles. The molecule has 0 saturated carbocycles. The maximum atomic E-state index is 11.8. The van der Waals surface area contributed by atoms with Gasteiger partial charge in [0.1, 0.15) is 0 Å². The Morgan fingerprint density at radius 1 is 1.40 bits per heavy atom. The third-order valence-electron chi connectivity index (χ3n) is 1.85. The Hall–Kier alpha value is 0.160. The van der Waals surface area contributed by atoms with Gasteiger partial charge >= 0.3 is 0 Å². The summed E-state index contributed by atoms with van der Waals surface area (Å²) < 4.78 is 24.8. The van der Waals surface area contributed by atoms with E-state index in [0.717, 1.165) is 0 Å². The predicted octanol–water partition coefficient (Wildman–Crippen LogP) is 1.04. The Balaban J connectivity index is 4.52. The van der Waals surface area contributed by atoms with E-state index in [1.807, 2.05) is 0 Å². The fourth-order valence-electron chi connectivity index (χ4n) is 1.20. The molecule has 0 fully saturated rings. The molecule has 0 aromatic rings. The molecule has 0 radical (unpaired) electrons. The van der Waals surface area contributed by atoms with Gasteiger partial charge in [0.15, 0.2) is 0 Å².